The van der Waals surface area contributed by atoms with E-state index in [0.29, 0.717) is 13.5 Å². The summed E-state index contributed by atoms with van der Waals surface area (Å²) in [6, 6.07) is -0.955. The summed E-state index contributed by atoms with van der Waals surface area (Å²) in [5.74, 6) is -2.17. The van der Waals surface area contributed by atoms with Gasteiger partial charge in [-0.25, -0.2) is 9.59 Å². The number of alkyl halides is 3. The number of carbonyl (C=O) groups is 2. The van der Waals surface area contributed by atoms with Crippen LogP contribution in [0.1, 0.15) is 20.8 Å². The molecule has 3 N–H and O–H groups in total. The minimum absolute atomic E-state index is 0.105. The third kappa shape index (κ3) is 4.87. The number of hydrogen-bond acceptors (Lipinski definition) is 3. The van der Waals surface area contributed by atoms with Gasteiger partial charge in [-0.3, -0.25) is 0 Å². The molecule has 0 aromatic rings. The largest absolute Gasteiger partial charge is 0.479 e. The van der Waals surface area contributed by atoms with Crippen molar-refractivity contribution in [1.82, 2.24) is 15.5 Å². The zero-order valence-electron chi connectivity index (χ0n) is 11.8. The number of halogens is 3. The van der Waals surface area contributed by atoms with Gasteiger partial charge in [-0.05, 0) is 27.8 Å². The van der Waals surface area contributed by atoms with Crippen molar-refractivity contribution in [2.24, 2.45) is 0 Å². The van der Waals surface area contributed by atoms with Crippen LogP contribution >= 0.6 is 0 Å². The summed E-state index contributed by atoms with van der Waals surface area (Å²) in [5, 5.41) is 12.3. The van der Waals surface area contributed by atoms with Gasteiger partial charge < -0.3 is 20.6 Å². The minimum atomic E-state index is -5.09. The highest BCUT2D eigenvalue weighted by atomic mass is 19.4. The van der Waals surface area contributed by atoms with Crippen LogP contribution in [0.5, 0.6) is 0 Å². The molecule has 0 saturated carbocycles. The third-order valence-electron chi connectivity index (χ3n) is 2.99. The molecular formula is C11H20F3N3O3. The standard InChI is InChI=1S/C11H20F3N3O3/c1-7(2)17(4)6-5-15-9(20)16-10(3,8(18)19)11(12,13)14/h7H,5-6H2,1-4H3,(H,18,19)(H2,15,16,20). The van der Waals surface area contributed by atoms with Crippen molar-refractivity contribution in [3.8, 4) is 0 Å². The van der Waals surface area contributed by atoms with Gasteiger partial charge >= 0.3 is 18.2 Å². The smallest absolute Gasteiger partial charge is 0.422 e. The molecule has 1 unspecified atom stereocenters. The number of amides is 2. The predicted octanol–water partition coefficient (Wildman–Crippen LogP) is 1.03. The molecule has 0 rings (SSSR count). The molecule has 20 heavy (non-hydrogen) atoms. The Hall–Kier alpha value is -1.51. The second-order valence-electron chi connectivity index (χ2n) is 4.88. The lowest BCUT2D eigenvalue weighted by Gasteiger charge is -2.28. The van der Waals surface area contributed by atoms with E-state index >= 15 is 0 Å². The third-order valence-corrected chi connectivity index (χ3v) is 2.99. The van der Waals surface area contributed by atoms with E-state index in [9.17, 15) is 22.8 Å². The van der Waals surface area contributed by atoms with Crippen molar-refractivity contribution < 1.29 is 27.9 Å². The number of nitrogens with one attached hydrogen (secondary N) is 2. The first-order valence-electron chi connectivity index (χ1n) is 5.98. The SMILES string of the molecule is CC(C)N(C)CCNC(=O)NC(C)(C(=O)O)C(F)(F)F. The average molecular weight is 299 g/mol. The molecule has 1 atom stereocenters. The summed E-state index contributed by atoms with van der Waals surface area (Å²) < 4.78 is 37.9. The molecule has 2 amide bonds. The lowest BCUT2D eigenvalue weighted by Crippen LogP contribution is -2.63. The van der Waals surface area contributed by atoms with Crippen molar-refractivity contribution in [3.05, 3.63) is 0 Å². The molecule has 9 heteroatoms. The molecule has 0 heterocycles. The van der Waals surface area contributed by atoms with E-state index in [4.69, 9.17) is 5.11 Å². The average Bonchev–Trinajstić information content (AvgIpc) is 2.26. The Kier molecular flexibility index (Phi) is 6.27. The lowest BCUT2D eigenvalue weighted by atomic mass is 10.0. The number of aliphatic carboxylic acids is 1. The van der Waals surface area contributed by atoms with Crippen molar-refractivity contribution in [3.63, 3.8) is 0 Å². The van der Waals surface area contributed by atoms with Crippen molar-refractivity contribution >= 4 is 12.0 Å². The number of carboxylic acids is 1. The second-order valence-corrected chi connectivity index (χ2v) is 4.88. The number of nitrogens with zero attached hydrogens (tertiary/aromatic N) is 1. The van der Waals surface area contributed by atoms with Crippen LogP contribution in [0.2, 0.25) is 0 Å². The number of carboxylic acid groups (broad SMARTS) is 1. The van der Waals surface area contributed by atoms with Gasteiger partial charge in [-0.1, -0.05) is 0 Å². The van der Waals surface area contributed by atoms with Crippen LogP contribution in [-0.2, 0) is 4.79 Å². The number of likely N-dealkylation sites (N-methyl/N-ethyl adjacent to an activating group) is 1. The van der Waals surface area contributed by atoms with Gasteiger partial charge in [0.2, 0.25) is 5.54 Å². The highest BCUT2D eigenvalue weighted by molar-refractivity contribution is 5.86. The summed E-state index contributed by atoms with van der Waals surface area (Å²) in [6.45, 7) is 4.78. The minimum Gasteiger partial charge on any atom is -0.479 e. The fourth-order valence-electron chi connectivity index (χ4n) is 1.12. The summed E-state index contributed by atoms with van der Waals surface area (Å²) in [4.78, 5) is 23.9. The maximum atomic E-state index is 12.6. The maximum absolute atomic E-state index is 12.6. The normalized spacial score (nSPS) is 15.1. The van der Waals surface area contributed by atoms with E-state index < -0.39 is 23.7 Å². The Bertz CT molecular complexity index is 361. The van der Waals surface area contributed by atoms with Crippen LogP contribution in [-0.4, -0.2) is 59.9 Å². The predicted molar refractivity (Wildman–Crippen MR) is 66.4 cm³/mol. The van der Waals surface area contributed by atoms with Gasteiger partial charge in [-0.15, -0.1) is 0 Å². The highest BCUT2D eigenvalue weighted by Gasteiger charge is 2.58. The van der Waals surface area contributed by atoms with Crippen molar-refractivity contribution in [2.75, 3.05) is 20.1 Å². The molecule has 0 aromatic carbocycles. The summed E-state index contributed by atoms with van der Waals surface area (Å²) in [6.07, 6.45) is -5.09. The van der Waals surface area contributed by atoms with Crippen LogP contribution in [0.3, 0.4) is 0 Å². The Morgan fingerprint density at radius 2 is 1.80 bits per heavy atom. The van der Waals surface area contributed by atoms with Crippen molar-refractivity contribution in [1.29, 1.82) is 0 Å². The Balaban J connectivity index is 4.48. The van der Waals surface area contributed by atoms with E-state index in [-0.39, 0.29) is 12.6 Å². The van der Waals surface area contributed by atoms with Crippen LogP contribution in [0.25, 0.3) is 0 Å². The van der Waals surface area contributed by atoms with Crippen molar-refractivity contribution in [2.45, 2.75) is 38.5 Å². The van der Waals surface area contributed by atoms with Crippen LogP contribution in [0.4, 0.5) is 18.0 Å². The molecule has 0 aliphatic carbocycles. The molecular weight excluding hydrogens is 279 g/mol. The van der Waals surface area contributed by atoms with Gasteiger partial charge in [0.15, 0.2) is 0 Å². The molecule has 0 radical (unpaired) electrons. The number of carbonyl (C=O) groups excluding carboxylic acids is 1. The highest BCUT2D eigenvalue weighted by Crippen LogP contribution is 2.30. The van der Waals surface area contributed by atoms with Gasteiger partial charge in [0.25, 0.3) is 0 Å². The number of rotatable bonds is 6. The summed E-state index contributed by atoms with van der Waals surface area (Å²) in [5.41, 5.74) is -3.32. The molecule has 118 valence electrons. The monoisotopic (exact) mass is 299 g/mol. The number of urea groups is 1. The van der Waals surface area contributed by atoms with Gasteiger partial charge in [-0.2, -0.15) is 13.2 Å². The van der Waals surface area contributed by atoms with Crippen LogP contribution in [0, 0.1) is 0 Å². The lowest BCUT2D eigenvalue weighted by molar-refractivity contribution is -0.203. The van der Waals surface area contributed by atoms with E-state index in [1.807, 2.05) is 18.7 Å². The first-order chi connectivity index (χ1) is 8.91. The molecule has 0 saturated heterocycles. The fourth-order valence-corrected chi connectivity index (χ4v) is 1.12. The van der Waals surface area contributed by atoms with Gasteiger partial charge in [0, 0.05) is 19.1 Å². The summed E-state index contributed by atoms with van der Waals surface area (Å²) in [7, 11) is 1.79. The molecule has 6 nitrogen and oxygen atoms in total. The zero-order valence-corrected chi connectivity index (χ0v) is 11.8. The second kappa shape index (κ2) is 6.78. The molecule has 0 spiro atoms. The number of hydrogen-bond donors (Lipinski definition) is 3. The first kappa shape index (κ1) is 18.5. The summed E-state index contributed by atoms with van der Waals surface area (Å²) >= 11 is 0. The molecule has 0 aliphatic rings. The van der Waals surface area contributed by atoms with E-state index in [2.05, 4.69) is 5.32 Å². The topological polar surface area (TPSA) is 81.7 Å². The maximum Gasteiger partial charge on any atom is 0.422 e. The van der Waals surface area contributed by atoms with E-state index in [1.165, 1.54) is 5.32 Å². The quantitative estimate of drug-likeness (QED) is 0.684. The van der Waals surface area contributed by atoms with Crippen LogP contribution in [0.15, 0.2) is 0 Å². The first-order valence-corrected chi connectivity index (χ1v) is 5.98. The van der Waals surface area contributed by atoms with Crippen LogP contribution < -0.4 is 10.6 Å². The Labute approximate surface area is 115 Å². The molecule has 0 aliphatic heterocycles. The van der Waals surface area contributed by atoms with E-state index in [0.717, 1.165) is 0 Å². The van der Waals surface area contributed by atoms with E-state index in [1.54, 1.807) is 7.05 Å². The zero-order chi connectivity index (χ0) is 16.1. The van der Waals surface area contributed by atoms with Gasteiger partial charge in [0.1, 0.15) is 0 Å². The fraction of sp³-hybridized carbons (Fsp3) is 0.818. The van der Waals surface area contributed by atoms with Gasteiger partial charge in [0.05, 0.1) is 0 Å². The molecule has 0 bridgehead atoms. The molecule has 0 fully saturated rings. The Morgan fingerprint density at radius 1 is 1.30 bits per heavy atom. The molecule has 0 aromatic heterocycles. The Morgan fingerprint density at radius 3 is 2.15 bits per heavy atom.